The van der Waals surface area contributed by atoms with Crippen molar-refractivity contribution in [2.45, 2.75) is 19.1 Å². The number of pyridine rings is 1. The standard InChI is InChI=1S/C11H16ClN3O/c1-8-7-16-10(4-13)6-15(8)11-3-2-9(12)5-14-11/h2-3,5,8,10H,4,6-7,13H2,1H3. The summed E-state index contributed by atoms with van der Waals surface area (Å²) >= 11 is 5.82. The van der Waals surface area contributed by atoms with Crippen LogP contribution in [0.15, 0.2) is 18.3 Å². The molecule has 0 bridgehead atoms. The van der Waals surface area contributed by atoms with Crippen LogP contribution in [0.3, 0.4) is 0 Å². The monoisotopic (exact) mass is 241 g/mol. The summed E-state index contributed by atoms with van der Waals surface area (Å²) < 4.78 is 5.59. The Morgan fingerprint density at radius 1 is 1.62 bits per heavy atom. The van der Waals surface area contributed by atoms with Crippen molar-refractivity contribution in [3.8, 4) is 0 Å². The largest absolute Gasteiger partial charge is 0.373 e. The lowest BCUT2D eigenvalue weighted by atomic mass is 10.2. The summed E-state index contributed by atoms with van der Waals surface area (Å²) in [6, 6.07) is 4.10. The fraction of sp³-hybridized carbons (Fsp3) is 0.545. The maximum Gasteiger partial charge on any atom is 0.128 e. The Hall–Kier alpha value is -0.840. The number of aromatic nitrogens is 1. The van der Waals surface area contributed by atoms with Crippen molar-refractivity contribution in [2.24, 2.45) is 5.73 Å². The van der Waals surface area contributed by atoms with Crippen LogP contribution in [0.5, 0.6) is 0 Å². The van der Waals surface area contributed by atoms with Crippen LogP contribution in [0.25, 0.3) is 0 Å². The van der Waals surface area contributed by atoms with Crippen molar-refractivity contribution in [3.05, 3.63) is 23.4 Å². The van der Waals surface area contributed by atoms with Gasteiger partial charge in [0.2, 0.25) is 0 Å². The highest BCUT2D eigenvalue weighted by Crippen LogP contribution is 2.20. The molecule has 4 nitrogen and oxygen atoms in total. The first-order valence-corrected chi connectivity index (χ1v) is 5.78. The summed E-state index contributed by atoms with van der Waals surface area (Å²) in [6.45, 7) is 4.12. The van der Waals surface area contributed by atoms with Gasteiger partial charge in [-0.05, 0) is 19.1 Å². The molecule has 88 valence electrons. The summed E-state index contributed by atoms with van der Waals surface area (Å²) in [5.74, 6) is 0.929. The first kappa shape index (κ1) is 11.6. The van der Waals surface area contributed by atoms with E-state index in [1.54, 1.807) is 6.20 Å². The number of halogens is 1. The van der Waals surface area contributed by atoms with E-state index in [0.29, 0.717) is 24.2 Å². The number of hydrogen-bond acceptors (Lipinski definition) is 4. The molecule has 1 aromatic rings. The van der Waals surface area contributed by atoms with Gasteiger partial charge in [-0.15, -0.1) is 0 Å². The molecule has 2 N–H and O–H groups in total. The number of hydrogen-bond donors (Lipinski definition) is 1. The Kier molecular flexibility index (Phi) is 3.63. The lowest BCUT2D eigenvalue weighted by molar-refractivity contribution is 0.0280. The van der Waals surface area contributed by atoms with Gasteiger partial charge in [-0.25, -0.2) is 4.98 Å². The summed E-state index contributed by atoms with van der Waals surface area (Å²) in [7, 11) is 0. The van der Waals surface area contributed by atoms with E-state index >= 15 is 0 Å². The zero-order valence-electron chi connectivity index (χ0n) is 9.27. The first-order chi connectivity index (χ1) is 7.70. The van der Waals surface area contributed by atoms with Crippen molar-refractivity contribution in [1.82, 2.24) is 4.98 Å². The quantitative estimate of drug-likeness (QED) is 0.848. The molecule has 2 rings (SSSR count). The van der Waals surface area contributed by atoms with Crippen molar-refractivity contribution in [2.75, 3.05) is 24.6 Å². The minimum Gasteiger partial charge on any atom is -0.373 e. The maximum absolute atomic E-state index is 5.82. The summed E-state index contributed by atoms with van der Waals surface area (Å²) in [5.41, 5.74) is 5.62. The Morgan fingerprint density at radius 3 is 3.06 bits per heavy atom. The molecular formula is C11H16ClN3O. The van der Waals surface area contributed by atoms with Gasteiger partial charge in [-0.1, -0.05) is 11.6 Å². The third kappa shape index (κ3) is 2.45. The predicted octanol–water partition coefficient (Wildman–Crippen LogP) is 1.29. The predicted molar refractivity (Wildman–Crippen MR) is 64.8 cm³/mol. The SMILES string of the molecule is CC1COC(CN)CN1c1ccc(Cl)cn1. The van der Waals surface area contributed by atoms with Crippen LogP contribution in [0.4, 0.5) is 5.82 Å². The third-order valence-corrected chi connectivity index (χ3v) is 3.00. The Labute approximate surface area is 100 Å². The average Bonchev–Trinajstić information content (AvgIpc) is 2.31. The molecule has 0 aromatic carbocycles. The second-order valence-electron chi connectivity index (χ2n) is 4.03. The summed E-state index contributed by atoms with van der Waals surface area (Å²) in [5, 5.41) is 0.653. The average molecular weight is 242 g/mol. The molecule has 2 atom stereocenters. The smallest absolute Gasteiger partial charge is 0.128 e. The second-order valence-corrected chi connectivity index (χ2v) is 4.46. The van der Waals surface area contributed by atoms with Crippen molar-refractivity contribution in [1.29, 1.82) is 0 Å². The molecule has 1 saturated heterocycles. The number of ether oxygens (including phenoxy) is 1. The molecule has 1 aliphatic heterocycles. The number of rotatable bonds is 2. The van der Waals surface area contributed by atoms with Gasteiger partial charge >= 0.3 is 0 Å². The lowest BCUT2D eigenvalue weighted by Crippen LogP contribution is -2.51. The van der Waals surface area contributed by atoms with E-state index in [1.807, 2.05) is 12.1 Å². The van der Waals surface area contributed by atoms with Gasteiger partial charge in [0.05, 0.1) is 23.8 Å². The Morgan fingerprint density at radius 2 is 2.44 bits per heavy atom. The first-order valence-electron chi connectivity index (χ1n) is 5.40. The van der Waals surface area contributed by atoms with E-state index in [0.717, 1.165) is 12.4 Å². The molecule has 1 aromatic heterocycles. The Balaban J connectivity index is 2.14. The second kappa shape index (κ2) is 4.99. The highest BCUT2D eigenvalue weighted by atomic mass is 35.5. The molecule has 0 radical (unpaired) electrons. The van der Waals surface area contributed by atoms with Gasteiger partial charge in [0.15, 0.2) is 0 Å². The van der Waals surface area contributed by atoms with Crippen molar-refractivity contribution in [3.63, 3.8) is 0 Å². The summed E-state index contributed by atoms with van der Waals surface area (Å²) in [6.07, 6.45) is 1.75. The summed E-state index contributed by atoms with van der Waals surface area (Å²) in [4.78, 5) is 6.52. The minimum atomic E-state index is 0.0914. The van der Waals surface area contributed by atoms with E-state index in [9.17, 15) is 0 Å². The lowest BCUT2D eigenvalue weighted by Gasteiger charge is -2.38. The molecule has 1 fully saturated rings. The fourth-order valence-electron chi connectivity index (χ4n) is 1.82. The minimum absolute atomic E-state index is 0.0914. The topological polar surface area (TPSA) is 51.4 Å². The van der Waals surface area contributed by atoms with Gasteiger partial charge in [0.1, 0.15) is 5.82 Å². The Bertz CT molecular complexity index is 344. The molecule has 2 heterocycles. The normalized spacial score (nSPS) is 25.8. The van der Waals surface area contributed by atoms with Crippen LogP contribution >= 0.6 is 11.6 Å². The number of nitrogens with zero attached hydrogens (tertiary/aromatic N) is 2. The molecule has 0 aliphatic carbocycles. The molecule has 0 amide bonds. The zero-order chi connectivity index (χ0) is 11.5. The molecular weight excluding hydrogens is 226 g/mol. The molecule has 0 saturated carbocycles. The van der Waals surface area contributed by atoms with Crippen LogP contribution in [0, 0.1) is 0 Å². The molecule has 0 spiro atoms. The number of morpholine rings is 1. The number of nitrogens with two attached hydrogens (primary N) is 1. The maximum atomic E-state index is 5.82. The number of anilines is 1. The third-order valence-electron chi connectivity index (χ3n) is 2.77. The van der Waals surface area contributed by atoms with Gasteiger partial charge in [0.25, 0.3) is 0 Å². The van der Waals surface area contributed by atoms with E-state index in [-0.39, 0.29) is 6.10 Å². The van der Waals surface area contributed by atoms with E-state index in [1.165, 1.54) is 0 Å². The highest BCUT2D eigenvalue weighted by Gasteiger charge is 2.25. The fourth-order valence-corrected chi connectivity index (χ4v) is 1.93. The molecule has 5 heteroatoms. The van der Waals surface area contributed by atoms with Crippen LogP contribution in [-0.2, 0) is 4.74 Å². The molecule has 16 heavy (non-hydrogen) atoms. The van der Waals surface area contributed by atoms with E-state index in [2.05, 4.69) is 16.8 Å². The highest BCUT2D eigenvalue weighted by molar-refractivity contribution is 6.30. The molecule has 1 aliphatic rings. The van der Waals surface area contributed by atoms with Gasteiger partial charge < -0.3 is 15.4 Å². The van der Waals surface area contributed by atoms with E-state index < -0.39 is 0 Å². The van der Waals surface area contributed by atoms with Crippen molar-refractivity contribution >= 4 is 17.4 Å². The van der Waals surface area contributed by atoms with Crippen LogP contribution in [0.1, 0.15) is 6.92 Å². The van der Waals surface area contributed by atoms with Gasteiger partial charge in [-0.2, -0.15) is 0 Å². The zero-order valence-corrected chi connectivity index (χ0v) is 10.0. The van der Waals surface area contributed by atoms with E-state index in [4.69, 9.17) is 22.1 Å². The van der Waals surface area contributed by atoms with Crippen LogP contribution in [-0.4, -0.2) is 36.8 Å². The van der Waals surface area contributed by atoms with Crippen LogP contribution in [0.2, 0.25) is 5.02 Å². The van der Waals surface area contributed by atoms with Crippen molar-refractivity contribution < 1.29 is 4.74 Å². The van der Waals surface area contributed by atoms with Gasteiger partial charge in [0, 0.05) is 19.3 Å². The molecule has 2 unspecified atom stereocenters. The van der Waals surface area contributed by atoms with Crippen LogP contribution < -0.4 is 10.6 Å². The van der Waals surface area contributed by atoms with Gasteiger partial charge in [-0.3, -0.25) is 0 Å².